The Hall–Kier alpha value is -1.64. The maximum Gasteiger partial charge on any atom is 0.230 e. The molecule has 1 aromatic carbocycles. The van der Waals surface area contributed by atoms with Gasteiger partial charge in [0.05, 0.1) is 5.92 Å². The van der Waals surface area contributed by atoms with Crippen LogP contribution in [0.2, 0.25) is 0 Å². The summed E-state index contributed by atoms with van der Waals surface area (Å²) in [5.41, 5.74) is 2.32. The number of carbonyl (C=O) groups excluding carboxylic acids is 2. The normalized spacial score (nSPS) is 22.0. The van der Waals surface area contributed by atoms with Crippen LogP contribution in [0.5, 0.6) is 0 Å². The van der Waals surface area contributed by atoms with E-state index in [1.807, 2.05) is 38.1 Å². The van der Waals surface area contributed by atoms with Gasteiger partial charge in [0.25, 0.3) is 0 Å². The number of rotatable bonds is 2. The van der Waals surface area contributed by atoms with Gasteiger partial charge in [-0.2, -0.15) is 0 Å². The van der Waals surface area contributed by atoms with Crippen molar-refractivity contribution in [1.29, 1.82) is 0 Å². The fourth-order valence-electron chi connectivity index (χ4n) is 2.29. The van der Waals surface area contributed by atoms with Crippen LogP contribution in [0.25, 0.3) is 0 Å². The van der Waals surface area contributed by atoms with E-state index in [0.29, 0.717) is 6.42 Å². The smallest absolute Gasteiger partial charge is 0.230 e. The molecule has 0 radical (unpaired) electrons. The van der Waals surface area contributed by atoms with E-state index in [2.05, 4.69) is 5.32 Å². The molecule has 1 aromatic rings. The standard InChI is InChI=1S/C13H15NO2/c1-8-5-3-4-6-10(8)9(2)11-7-12(15)14-13(11)16/h3-6,9,11H,7H2,1-2H3,(H,14,15,16). The van der Waals surface area contributed by atoms with Crippen LogP contribution in [0, 0.1) is 12.8 Å². The zero-order chi connectivity index (χ0) is 11.7. The van der Waals surface area contributed by atoms with Crippen LogP contribution in [0.4, 0.5) is 0 Å². The average Bonchev–Trinajstić information content (AvgIpc) is 2.58. The summed E-state index contributed by atoms with van der Waals surface area (Å²) in [6.07, 6.45) is 0.314. The van der Waals surface area contributed by atoms with E-state index in [1.54, 1.807) is 0 Å². The maximum atomic E-state index is 11.6. The second-order valence-corrected chi connectivity index (χ2v) is 4.37. The van der Waals surface area contributed by atoms with Crippen molar-refractivity contribution < 1.29 is 9.59 Å². The Bertz CT molecular complexity index is 439. The molecule has 1 heterocycles. The molecular formula is C13H15NO2. The minimum atomic E-state index is -0.214. The Balaban J connectivity index is 2.26. The number of carbonyl (C=O) groups is 2. The number of nitrogens with one attached hydrogen (secondary N) is 1. The Morgan fingerprint density at radius 3 is 2.56 bits per heavy atom. The second kappa shape index (κ2) is 4.08. The van der Waals surface area contributed by atoms with E-state index < -0.39 is 0 Å². The van der Waals surface area contributed by atoms with E-state index in [9.17, 15) is 9.59 Å². The first-order valence-electron chi connectivity index (χ1n) is 5.49. The summed E-state index contributed by atoms with van der Waals surface area (Å²) in [5, 5.41) is 2.36. The fourth-order valence-corrected chi connectivity index (χ4v) is 2.29. The molecule has 0 saturated carbocycles. The van der Waals surface area contributed by atoms with Gasteiger partial charge in [-0.1, -0.05) is 31.2 Å². The van der Waals surface area contributed by atoms with E-state index in [0.717, 1.165) is 5.56 Å². The summed E-state index contributed by atoms with van der Waals surface area (Å²) in [6, 6.07) is 8.00. The number of hydrogen-bond acceptors (Lipinski definition) is 2. The first kappa shape index (κ1) is 10.9. The lowest BCUT2D eigenvalue weighted by Crippen LogP contribution is -2.24. The number of imide groups is 1. The highest BCUT2D eigenvalue weighted by Crippen LogP contribution is 2.31. The van der Waals surface area contributed by atoms with Gasteiger partial charge < -0.3 is 0 Å². The second-order valence-electron chi connectivity index (χ2n) is 4.37. The van der Waals surface area contributed by atoms with Crippen LogP contribution < -0.4 is 5.32 Å². The summed E-state index contributed by atoms with van der Waals surface area (Å²) < 4.78 is 0. The van der Waals surface area contributed by atoms with Crippen molar-refractivity contribution in [3.05, 3.63) is 35.4 Å². The molecule has 1 N–H and O–H groups in total. The summed E-state index contributed by atoms with van der Waals surface area (Å²) in [5.74, 6) is -0.419. The summed E-state index contributed by atoms with van der Waals surface area (Å²) in [4.78, 5) is 22.7. The molecule has 2 unspecified atom stereocenters. The van der Waals surface area contributed by atoms with Crippen molar-refractivity contribution in [3.8, 4) is 0 Å². The van der Waals surface area contributed by atoms with Gasteiger partial charge in [0.2, 0.25) is 11.8 Å². The third-order valence-electron chi connectivity index (χ3n) is 3.29. The highest BCUT2D eigenvalue weighted by molar-refractivity contribution is 6.03. The van der Waals surface area contributed by atoms with Gasteiger partial charge in [0.15, 0.2) is 0 Å². The Morgan fingerprint density at radius 2 is 2.00 bits per heavy atom. The number of benzene rings is 1. The molecule has 0 spiro atoms. The summed E-state index contributed by atoms with van der Waals surface area (Å²) in [7, 11) is 0. The molecule has 3 heteroatoms. The highest BCUT2D eigenvalue weighted by atomic mass is 16.2. The van der Waals surface area contributed by atoms with Gasteiger partial charge in [0.1, 0.15) is 0 Å². The zero-order valence-corrected chi connectivity index (χ0v) is 9.49. The maximum absolute atomic E-state index is 11.6. The molecule has 2 amide bonds. The molecule has 1 saturated heterocycles. The average molecular weight is 217 g/mol. The lowest BCUT2D eigenvalue weighted by Gasteiger charge is -2.18. The Kier molecular flexibility index (Phi) is 2.77. The van der Waals surface area contributed by atoms with E-state index >= 15 is 0 Å². The van der Waals surface area contributed by atoms with Crippen molar-refractivity contribution in [2.45, 2.75) is 26.2 Å². The fraction of sp³-hybridized carbons (Fsp3) is 0.385. The highest BCUT2D eigenvalue weighted by Gasteiger charge is 2.35. The van der Waals surface area contributed by atoms with Gasteiger partial charge >= 0.3 is 0 Å². The molecular weight excluding hydrogens is 202 g/mol. The van der Waals surface area contributed by atoms with Gasteiger partial charge in [0, 0.05) is 6.42 Å². The van der Waals surface area contributed by atoms with Gasteiger partial charge in [-0.15, -0.1) is 0 Å². The van der Waals surface area contributed by atoms with Crippen molar-refractivity contribution in [2.24, 2.45) is 5.92 Å². The molecule has 1 fully saturated rings. The molecule has 0 aliphatic carbocycles. The van der Waals surface area contributed by atoms with Crippen LogP contribution in [-0.2, 0) is 9.59 Å². The van der Waals surface area contributed by atoms with Crippen molar-refractivity contribution in [1.82, 2.24) is 5.32 Å². The van der Waals surface area contributed by atoms with E-state index in [-0.39, 0.29) is 23.7 Å². The van der Waals surface area contributed by atoms with Crippen LogP contribution in [0.3, 0.4) is 0 Å². The van der Waals surface area contributed by atoms with Crippen molar-refractivity contribution >= 4 is 11.8 Å². The van der Waals surface area contributed by atoms with Crippen LogP contribution >= 0.6 is 0 Å². The third kappa shape index (κ3) is 1.85. The minimum Gasteiger partial charge on any atom is -0.296 e. The SMILES string of the molecule is Cc1ccccc1C(C)C1CC(=O)NC1=O. The summed E-state index contributed by atoms with van der Waals surface area (Å²) >= 11 is 0. The number of hydrogen-bond donors (Lipinski definition) is 1. The monoisotopic (exact) mass is 217 g/mol. The third-order valence-corrected chi connectivity index (χ3v) is 3.29. The Morgan fingerprint density at radius 1 is 1.31 bits per heavy atom. The predicted octanol–water partition coefficient (Wildman–Crippen LogP) is 1.76. The number of amides is 2. The molecule has 1 aliphatic heterocycles. The topological polar surface area (TPSA) is 46.2 Å². The molecule has 2 atom stereocenters. The zero-order valence-electron chi connectivity index (χ0n) is 9.49. The molecule has 3 nitrogen and oxygen atoms in total. The molecule has 1 aliphatic rings. The van der Waals surface area contributed by atoms with E-state index in [4.69, 9.17) is 0 Å². The molecule has 0 aromatic heterocycles. The lowest BCUT2D eigenvalue weighted by atomic mass is 9.84. The van der Waals surface area contributed by atoms with Crippen molar-refractivity contribution in [2.75, 3.05) is 0 Å². The van der Waals surface area contributed by atoms with Crippen LogP contribution in [0.1, 0.15) is 30.4 Å². The first-order valence-corrected chi connectivity index (χ1v) is 5.49. The van der Waals surface area contributed by atoms with Gasteiger partial charge in [-0.3, -0.25) is 14.9 Å². The molecule has 0 bridgehead atoms. The van der Waals surface area contributed by atoms with E-state index in [1.165, 1.54) is 5.56 Å². The largest absolute Gasteiger partial charge is 0.296 e. The van der Waals surface area contributed by atoms with Gasteiger partial charge in [-0.05, 0) is 24.0 Å². The minimum absolute atomic E-state index is 0.0904. The summed E-state index contributed by atoms with van der Waals surface area (Å²) in [6.45, 7) is 4.03. The Labute approximate surface area is 94.9 Å². The lowest BCUT2D eigenvalue weighted by molar-refractivity contribution is -0.126. The quantitative estimate of drug-likeness (QED) is 0.767. The van der Waals surface area contributed by atoms with Crippen LogP contribution in [-0.4, -0.2) is 11.8 Å². The van der Waals surface area contributed by atoms with Gasteiger partial charge in [-0.25, -0.2) is 0 Å². The molecule has 2 rings (SSSR count). The predicted molar refractivity (Wildman–Crippen MR) is 60.9 cm³/mol. The van der Waals surface area contributed by atoms with Crippen molar-refractivity contribution in [3.63, 3.8) is 0 Å². The molecule has 84 valence electrons. The van der Waals surface area contributed by atoms with Crippen LogP contribution in [0.15, 0.2) is 24.3 Å². The first-order chi connectivity index (χ1) is 7.59. The number of aryl methyl sites for hydroxylation is 1. The molecule has 16 heavy (non-hydrogen) atoms.